The Bertz CT molecular complexity index is 93.8. The molecule has 12 heavy (non-hydrogen) atoms. The lowest BCUT2D eigenvalue weighted by Crippen LogP contribution is -2.28. The minimum Gasteiger partial charge on any atom is -0.373 e. The summed E-state index contributed by atoms with van der Waals surface area (Å²) in [7, 11) is 0. The van der Waals surface area contributed by atoms with Gasteiger partial charge in [-0.25, -0.2) is 0 Å². The molecule has 2 N–H and O–H groups in total. The highest BCUT2D eigenvalue weighted by Crippen LogP contribution is 2.06. The predicted molar refractivity (Wildman–Crippen MR) is 47.8 cm³/mol. The van der Waals surface area contributed by atoms with Gasteiger partial charge in [-0.3, -0.25) is 0 Å². The third kappa shape index (κ3) is 5.52. The van der Waals surface area contributed by atoms with Crippen molar-refractivity contribution in [3.8, 4) is 0 Å². The van der Waals surface area contributed by atoms with Crippen LogP contribution in [0.1, 0.15) is 39.5 Å². The fraction of sp³-hybridized carbons (Fsp3) is 1.00. The first-order chi connectivity index (χ1) is 5.72. The molecule has 0 fully saturated rings. The standard InChI is InChI=1S/C9H20O3/c1-3-5-7-12-8(6-4-2)9(10)11/h8-11H,3-7H2,1-2H3. The van der Waals surface area contributed by atoms with Crippen molar-refractivity contribution in [3.63, 3.8) is 0 Å². The Hall–Kier alpha value is -0.120. The summed E-state index contributed by atoms with van der Waals surface area (Å²) >= 11 is 0. The van der Waals surface area contributed by atoms with Gasteiger partial charge in [-0.05, 0) is 12.8 Å². The number of hydrogen-bond acceptors (Lipinski definition) is 3. The van der Waals surface area contributed by atoms with Gasteiger partial charge in [0.1, 0.15) is 6.10 Å². The summed E-state index contributed by atoms with van der Waals surface area (Å²) in [6, 6.07) is 0. The molecule has 0 aromatic carbocycles. The molecule has 0 aliphatic heterocycles. The zero-order valence-electron chi connectivity index (χ0n) is 7.99. The van der Waals surface area contributed by atoms with Crippen LogP contribution in [-0.4, -0.2) is 29.2 Å². The van der Waals surface area contributed by atoms with Crippen molar-refractivity contribution in [2.45, 2.75) is 51.9 Å². The maximum Gasteiger partial charge on any atom is 0.178 e. The molecule has 3 heteroatoms. The molecule has 0 heterocycles. The normalized spacial score (nSPS) is 13.8. The molecule has 0 rings (SSSR count). The molecule has 1 atom stereocenters. The lowest BCUT2D eigenvalue weighted by atomic mass is 10.2. The third-order valence-corrected chi connectivity index (χ3v) is 1.74. The van der Waals surface area contributed by atoms with Crippen molar-refractivity contribution in [2.75, 3.05) is 6.61 Å². The van der Waals surface area contributed by atoms with E-state index in [4.69, 9.17) is 14.9 Å². The second-order valence-electron chi connectivity index (χ2n) is 2.97. The smallest absolute Gasteiger partial charge is 0.178 e. The van der Waals surface area contributed by atoms with E-state index in [0.29, 0.717) is 13.0 Å². The Morgan fingerprint density at radius 3 is 2.25 bits per heavy atom. The average molecular weight is 176 g/mol. The van der Waals surface area contributed by atoms with Gasteiger partial charge in [0.05, 0.1) is 0 Å². The van der Waals surface area contributed by atoms with E-state index in [1.54, 1.807) is 0 Å². The molecule has 0 saturated heterocycles. The summed E-state index contributed by atoms with van der Waals surface area (Å²) in [5.41, 5.74) is 0. The van der Waals surface area contributed by atoms with Crippen molar-refractivity contribution in [2.24, 2.45) is 0 Å². The second-order valence-corrected chi connectivity index (χ2v) is 2.97. The van der Waals surface area contributed by atoms with Crippen LogP contribution in [0.2, 0.25) is 0 Å². The molecular weight excluding hydrogens is 156 g/mol. The molecule has 0 spiro atoms. The average Bonchev–Trinajstić information content (AvgIpc) is 2.03. The van der Waals surface area contributed by atoms with E-state index in [2.05, 4.69) is 6.92 Å². The van der Waals surface area contributed by atoms with E-state index in [1.807, 2.05) is 6.92 Å². The van der Waals surface area contributed by atoms with Gasteiger partial charge in [0, 0.05) is 6.61 Å². The van der Waals surface area contributed by atoms with Crippen LogP contribution in [-0.2, 0) is 4.74 Å². The number of aliphatic hydroxyl groups is 2. The zero-order valence-corrected chi connectivity index (χ0v) is 7.99. The summed E-state index contributed by atoms with van der Waals surface area (Å²) in [5, 5.41) is 17.7. The van der Waals surface area contributed by atoms with Gasteiger partial charge in [0.25, 0.3) is 0 Å². The number of unbranched alkanes of at least 4 members (excludes halogenated alkanes) is 1. The van der Waals surface area contributed by atoms with Crippen LogP contribution in [0.5, 0.6) is 0 Å². The molecular formula is C9H20O3. The van der Waals surface area contributed by atoms with E-state index >= 15 is 0 Å². The number of hydrogen-bond donors (Lipinski definition) is 2. The minimum absolute atomic E-state index is 0.401. The first kappa shape index (κ1) is 11.9. The summed E-state index contributed by atoms with van der Waals surface area (Å²) < 4.78 is 5.28. The monoisotopic (exact) mass is 176 g/mol. The van der Waals surface area contributed by atoms with Crippen LogP contribution < -0.4 is 0 Å². The fourth-order valence-electron chi connectivity index (χ4n) is 0.982. The van der Waals surface area contributed by atoms with Gasteiger partial charge < -0.3 is 14.9 Å². The van der Waals surface area contributed by atoms with Crippen molar-refractivity contribution in [3.05, 3.63) is 0 Å². The predicted octanol–water partition coefficient (Wildman–Crippen LogP) is 1.28. The van der Waals surface area contributed by atoms with Gasteiger partial charge in [0.2, 0.25) is 0 Å². The highest BCUT2D eigenvalue weighted by atomic mass is 16.5. The molecule has 1 unspecified atom stereocenters. The number of aliphatic hydroxyl groups excluding tert-OH is 1. The van der Waals surface area contributed by atoms with Gasteiger partial charge in [-0.15, -0.1) is 0 Å². The van der Waals surface area contributed by atoms with Crippen molar-refractivity contribution < 1.29 is 14.9 Å². The molecule has 0 aromatic heterocycles. The topological polar surface area (TPSA) is 49.7 Å². The molecule has 0 aromatic rings. The largest absolute Gasteiger partial charge is 0.373 e. The molecule has 3 nitrogen and oxygen atoms in total. The highest BCUT2D eigenvalue weighted by molar-refractivity contribution is 4.58. The Kier molecular flexibility index (Phi) is 7.45. The van der Waals surface area contributed by atoms with Crippen molar-refractivity contribution in [1.29, 1.82) is 0 Å². The van der Waals surface area contributed by atoms with Gasteiger partial charge in [0.15, 0.2) is 6.29 Å². The van der Waals surface area contributed by atoms with E-state index in [0.717, 1.165) is 19.3 Å². The molecule has 0 saturated carbocycles. The molecule has 0 aliphatic rings. The summed E-state index contributed by atoms with van der Waals surface area (Å²) in [5.74, 6) is 0. The maximum absolute atomic E-state index is 8.87. The fourth-order valence-corrected chi connectivity index (χ4v) is 0.982. The van der Waals surface area contributed by atoms with E-state index in [9.17, 15) is 0 Å². The van der Waals surface area contributed by atoms with Gasteiger partial charge >= 0.3 is 0 Å². The third-order valence-electron chi connectivity index (χ3n) is 1.74. The highest BCUT2D eigenvalue weighted by Gasteiger charge is 2.15. The van der Waals surface area contributed by atoms with Crippen LogP contribution in [0.15, 0.2) is 0 Å². The van der Waals surface area contributed by atoms with E-state index in [-0.39, 0.29) is 0 Å². The van der Waals surface area contributed by atoms with Gasteiger partial charge in [-0.2, -0.15) is 0 Å². The zero-order chi connectivity index (χ0) is 9.40. The summed E-state index contributed by atoms with van der Waals surface area (Å²) in [6.07, 6.45) is 1.94. The summed E-state index contributed by atoms with van der Waals surface area (Å²) in [4.78, 5) is 0. The van der Waals surface area contributed by atoms with E-state index in [1.165, 1.54) is 0 Å². The SMILES string of the molecule is CCCCOC(CCC)C(O)O. The lowest BCUT2D eigenvalue weighted by Gasteiger charge is -2.18. The summed E-state index contributed by atoms with van der Waals surface area (Å²) in [6.45, 7) is 4.70. The molecule has 74 valence electrons. The van der Waals surface area contributed by atoms with E-state index < -0.39 is 12.4 Å². The Labute approximate surface area is 74.4 Å². The van der Waals surface area contributed by atoms with Crippen LogP contribution in [0, 0.1) is 0 Å². The molecule has 0 bridgehead atoms. The number of rotatable bonds is 7. The van der Waals surface area contributed by atoms with Crippen LogP contribution in [0.25, 0.3) is 0 Å². The Morgan fingerprint density at radius 2 is 1.83 bits per heavy atom. The van der Waals surface area contributed by atoms with Gasteiger partial charge in [-0.1, -0.05) is 26.7 Å². The van der Waals surface area contributed by atoms with Crippen LogP contribution in [0.3, 0.4) is 0 Å². The Morgan fingerprint density at radius 1 is 1.17 bits per heavy atom. The molecule has 0 radical (unpaired) electrons. The minimum atomic E-state index is -1.33. The van der Waals surface area contributed by atoms with Crippen LogP contribution in [0.4, 0.5) is 0 Å². The Balaban J connectivity index is 3.49. The van der Waals surface area contributed by atoms with Crippen LogP contribution >= 0.6 is 0 Å². The maximum atomic E-state index is 8.87. The van der Waals surface area contributed by atoms with Crippen molar-refractivity contribution >= 4 is 0 Å². The molecule has 0 amide bonds. The second kappa shape index (κ2) is 7.53. The first-order valence-corrected chi connectivity index (χ1v) is 4.70. The lowest BCUT2D eigenvalue weighted by molar-refractivity contribution is -0.148. The first-order valence-electron chi connectivity index (χ1n) is 4.70. The van der Waals surface area contributed by atoms with Crippen molar-refractivity contribution in [1.82, 2.24) is 0 Å². The number of ether oxygens (including phenoxy) is 1. The molecule has 0 aliphatic carbocycles. The quantitative estimate of drug-likeness (QED) is 0.454.